The number of benzene rings is 1. The zero-order valence-electron chi connectivity index (χ0n) is 14.1. The number of hydrogen-bond donors (Lipinski definition) is 0. The largest absolute Gasteiger partial charge is 0.261 e. The maximum absolute atomic E-state index is 4.73. The number of thioether (sulfide) groups is 1. The molecule has 0 fully saturated rings. The first-order chi connectivity index (χ1) is 11.2. The molecule has 0 spiro atoms. The van der Waals surface area contributed by atoms with E-state index in [1.807, 2.05) is 0 Å². The van der Waals surface area contributed by atoms with Gasteiger partial charge in [0.15, 0.2) is 0 Å². The monoisotopic (exact) mass is 323 g/mol. The SMILES string of the molecule is CC(C)c1cnc2c(c1)CC(SC1CCc3ccccc31)CC2. The maximum atomic E-state index is 4.73. The molecule has 1 aromatic heterocycles. The van der Waals surface area contributed by atoms with Crippen molar-refractivity contribution in [2.75, 3.05) is 0 Å². The van der Waals surface area contributed by atoms with Crippen LogP contribution in [0.2, 0.25) is 0 Å². The molecule has 4 rings (SSSR count). The molecule has 2 atom stereocenters. The number of aromatic nitrogens is 1. The molecule has 2 heteroatoms. The van der Waals surface area contributed by atoms with Crippen molar-refractivity contribution in [3.63, 3.8) is 0 Å². The lowest BCUT2D eigenvalue weighted by molar-refractivity contribution is 0.674. The van der Waals surface area contributed by atoms with E-state index in [0.29, 0.717) is 11.2 Å². The van der Waals surface area contributed by atoms with E-state index in [0.717, 1.165) is 11.7 Å². The van der Waals surface area contributed by atoms with Crippen LogP contribution in [0.4, 0.5) is 0 Å². The highest BCUT2D eigenvalue weighted by molar-refractivity contribution is 8.00. The van der Waals surface area contributed by atoms with Crippen LogP contribution in [0, 0.1) is 0 Å². The molecule has 0 N–H and O–H groups in total. The molecule has 0 amide bonds. The number of fused-ring (bicyclic) bond motifs is 2. The molecule has 0 radical (unpaired) electrons. The second-order valence-corrected chi connectivity index (χ2v) is 8.76. The number of aryl methyl sites for hydroxylation is 2. The van der Waals surface area contributed by atoms with Gasteiger partial charge in [0, 0.05) is 22.4 Å². The Morgan fingerprint density at radius 1 is 1.09 bits per heavy atom. The van der Waals surface area contributed by atoms with Crippen molar-refractivity contribution in [3.8, 4) is 0 Å². The lowest BCUT2D eigenvalue weighted by atomic mass is 9.92. The van der Waals surface area contributed by atoms with Gasteiger partial charge in [-0.3, -0.25) is 4.98 Å². The molecule has 1 aromatic carbocycles. The first-order valence-corrected chi connectivity index (χ1v) is 9.86. The fraction of sp³-hybridized carbons (Fsp3) is 0.476. The Bertz CT molecular complexity index is 707. The zero-order valence-corrected chi connectivity index (χ0v) is 14.9. The van der Waals surface area contributed by atoms with Gasteiger partial charge in [0.05, 0.1) is 0 Å². The third kappa shape index (κ3) is 3.06. The minimum Gasteiger partial charge on any atom is -0.261 e. The van der Waals surface area contributed by atoms with Gasteiger partial charge in [0.1, 0.15) is 0 Å². The van der Waals surface area contributed by atoms with Gasteiger partial charge < -0.3 is 0 Å². The summed E-state index contributed by atoms with van der Waals surface area (Å²) >= 11 is 2.22. The molecule has 23 heavy (non-hydrogen) atoms. The number of hydrogen-bond acceptors (Lipinski definition) is 2. The Morgan fingerprint density at radius 3 is 2.83 bits per heavy atom. The molecule has 1 nitrogen and oxygen atoms in total. The lowest BCUT2D eigenvalue weighted by Crippen LogP contribution is -2.19. The van der Waals surface area contributed by atoms with Gasteiger partial charge in [-0.25, -0.2) is 0 Å². The Kier molecular flexibility index (Phi) is 4.19. The van der Waals surface area contributed by atoms with Crippen LogP contribution in [0.1, 0.15) is 65.8 Å². The van der Waals surface area contributed by atoms with E-state index in [1.54, 1.807) is 11.1 Å². The smallest absolute Gasteiger partial charge is 0.0436 e. The molecule has 0 saturated heterocycles. The predicted octanol–water partition coefficient (Wildman–Crippen LogP) is 5.48. The second-order valence-electron chi connectivity index (χ2n) is 7.26. The molecule has 0 saturated carbocycles. The molecule has 2 aliphatic rings. The van der Waals surface area contributed by atoms with Crippen LogP contribution in [0.25, 0.3) is 0 Å². The quantitative estimate of drug-likeness (QED) is 0.741. The van der Waals surface area contributed by atoms with Crippen LogP contribution in [0.5, 0.6) is 0 Å². The Hall–Kier alpha value is -1.28. The van der Waals surface area contributed by atoms with Crippen molar-refractivity contribution in [3.05, 3.63) is 64.5 Å². The Morgan fingerprint density at radius 2 is 1.96 bits per heavy atom. The third-order valence-electron chi connectivity index (χ3n) is 5.33. The number of pyridine rings is 1. The highest BCUT2D eigenvalue weighted by Crippen LogP contribution is 2.45. The van der Waals surface area contributed by atoms with Gasteiger partial charge >= 0.3 is 0 Å². The normalized spacial score (nSPS) is 22.9. The average Bonchev–Trinajstić information content (AvgIpc) is 2.97. The summed E-state index contributed by atoms with van der Waals surface area (Å²) < 4.78 is 0. The van der Waals surface area contributed by atoms with Crippen molar-refractivity contribution in [1.29, 1.82) is 0 Å². The molecule has 2 unspecified atom stereocenters. The van der Waals surface area contributed by atoms with E-state index in [2.05, 4.69) is 62.1 Å². The summed E-state index contributed by atoms with van der Waals surface area (Å²) in [6.07, 6.45) is 8.30. The van der Waals surface area contributed by atoms with E-state index in [4.69, 9.17) is 4.98 Å². The van der Waals surface area contributed by atoms with Crippen molar-refractivity contribution < 1.29 is 0 Å². The fourth-order valence-electron chi connectivity index (χ4n) is 3.93. The summed E-state index contributed by atoms with van der Waals surface area (Å²) in [5, 5.41) is 1.46. The van der Waals surface area contributed by atoms with E-state index < -0.39 is 0 Å². The van der Waals surface area contributed by atoms with Crippen molar-refractivity contribution >= 4 is 11.8 Å². The van der Waals surface area contributed by atoms with Gasteiger partial charge in [0.2, 0.25) is 0 Å². The number of rotatable bonds is 3. The van der Waals surface area contributed by atoms with E-state index >= 15 is 0 Å². The molecule has 0 aliphatic heterocycles. The van der Waals surface area contributed by atoms with Crippen LogP contribution < -0.4 is 0 Å². The summed E-state index contributed by atoms with van der Waals surface area (Å²) in [4.78, 5) is 4.73. The summed E-state index contributed by atoms with van der Waals surface area (Å²) in [5.74, 6) is 0.572. The molecule has 0 bridgehead atoms. The number of nitrogens with zero attached hydrogens (tertiary/aromatic N) is 1. The van der Waals surface area contributed by atoms with Crippen LogP contribution in [-0.4, -0.2) is 10.2 Å². The van der Waals surface area contributed by atoms with Gasteiger partial charge in [0.25, 0.3) is 0 Å². The first kappa shape index (κ1) is 15.3. The van der Waals surface area contributed by atoms with E-state index in [9.17, 15) is 0 Å². The topological polar surface area (TPSA) is 12.9 Å². The summed E-state index contributed by atoms with van der Waals surface area (Å²) in [6.45, 7) is 4.52. The van der Waals surface area contributed by atoms with E-state index in [1.165, 1.54) is 42.5 Å². The van der Waals surface area contributed by atoms with Crippen LogP contribution in [0.15, 0.2) is 36.5 Å². The van der Waals surface area contributed by atoms with Gasteiger partial charge in [-0.2, -0.15) is 0 Å². The predicted molar refractivity (Wildman–Crippen MR) is 99.2 cm³/mol. The Labute approximate surface area is 143 Å². The minimum absolute atomic E-state index is 0.572. The molecule has 2 aromatic rings. The molecular formula is C21H25NS. The van der Waals surface area contributed by atoms with Crippen LogP contribution in [-0.2, 0) is 19.3 Å². The summed E-state index contributed by atoms with van der Waals surface area (Å²) in [5.41, 5.74) is 7.41. The van der Waals surface area contributed by atoms with E-state index in [-0.39, 0.29) is 0 Å². The van der Waals surface area contributed by atoms with Crippen molar-refractivity contribution in [2.24, 2.45) is 0 Å². The van der Waals surface area contributed by atoms with Gasteiger partial charge in [-0.15, -0.1) is 11.8 Å². The minimum atomic E-state index is 0.572. The third-order valence-corrected chi connectivity index (χ3v) is 6.94. The first-order valence-electron chi connectivity index (χ1n) is 8.91. The molecule has 2 aliphatic carbocycles. The molecule has 1 heterocycles. The maximum Gasteiger partial charge on any atom is 0.0436 e. The standard InChI is InChI=1S/C21H25NS/c1-14(2)17-11-16-12-18(8-9-20(16)22-13-17)23-21-10-7-15-5-3-4-6-19(15)21/h3-6,11,13-14,18,21H,7-10,12H2,1-2H3. The average molecular weight is 324 g/mol. The van der Waals surface area contributed by atoms with Crippen molar-refractivity contribution in [1.82, 2.24) is 4.98 Å². The fourth-order valence-corrected chi connectivity index (χ4v) is 5.55. The van der Waals surface area contributed by atoms with Crippen LogP contribution >= 0.6 is 11.8 Å². The summed E-state index contributed by atoms with van der Waals surface area (Å²) in [7, 11) is 0. The summed E-state index contributed by atoms with van der Waals surface area (Å²) in [6, 6.07) is 11.5. The molecular weight excluding hydrogens is 298 g/mol. The zero-order chi connectivity index (χ0) is 15.8. The molecule has 120 valence electrons. The second kappa shape index (κ2) is 6.32. The highest BCUT2D eigenvalue weighted by atomic mass is 32.2. The Balaban J connectivity index is 1.49. The van der Waals surface area contributed by atoms with Gasteiger partial charge in [-0.05, 0) is 60.3 Å². The van der Waals surface area contributed by atoms with Crippen molar-refractivity contribution in [2.45, 2.75) is 62.4 Å². The highest BCUT2D eigenvalue weighted by Gasteiger charge is 2.28. The van der Waals surface area contributed by atoms with Crippen LogP contribution in [0.3, 0.4) is 0 Å². The lowest BCUT2D eigenvalue weighted by Gasteiger charge is -2.27. The van der Waals surface area contributed by atoms with Gasteiger partial charge in [-0.1, -0.05) is 44.2 Å².